The molecule has 146 valence electrons. The standard InChI is InChI=1S/C20H32N4O.HI/c1-4-18(24-15-9-12-19(24)25)13-14-22-20(21-5-2)23-16(3)17-10-7-6-8-11-17;/h6-8,10-11,16,18H,4-5,9,12-15H2,1-3H3,(H2,21,22,23);1H. The smallest absolute Gasteiger partial charge is 0.222 e. The van der Waals surface area contributed by atoms with Crippen molar-refractivity contribution in [3.05, 3.63) is 35.9 Å². The first-order chi connectivity index (χ1) is 12.2. The fraction of sp³-hybridized carbons (Fsp3) is 0.600. The lowest BCUT2D eigenvalue weighted by Crippen LogP contribution is -2.39. The van der Waals surface area contributed by atoms with E-state index in [1.165, 1.54) is 5.56 Å². The second-order valence-corrected chi connectivity index (χ2v) is 6.58. The van der Waals surface area contributed by atoms with Gasteiger partial charge in [-0.2, -0.15) is 0 Å². The average Bonchev–Trinajstić information content (AvgIpc) is 3.05. The number of guanidine groups is 1. The Labute approximate surface area is 175 Å². The van der Waals surface area contributed by atoms with Crippen molar-refractivity contribution < 1.29 is 4.79 Å². The summed E-state index contributed by atoms with van der Waals surface area (Å²) in [6.45, 7) is 8.82. The number of hydrogen-bond acceptors (Lipinski definition) is 2. The summed E-state index contributed by atoms with van der Waals surface area (Å²) in [6, 6.07) is 10.9. The van der Waals surface area contributed by atoms with Gasteiger partial charge >= 0.3 is 0 Å². The quantitative estimate of drug-likeness (QED) is 0.345. The molecule has 0 bridgehead atoms. The lowest BCUT2D eigenvalue weighted by atomic mass is 10.1. The molecular formula is C20H33IN4O. The summed E-state index contributed by atoms with van der Waals surface area (Å²) in [5.41, 5.74) is 1.24. The molecule has 0 spiro atoms. The van der Waals surface area contributed by atoms with Crippen LogP contribution in [0, 0.1) is 0 Å². The Bertz CT molecular complexity index is 564. The molecule has 1 aromatic carbocycles. The molecule has 2 N–H and O–H groups in total. The van der Waals surface area contributed by atoms with Gasteiger partial charge in [-0.05, 0) is 38.7 Å². The fourth-order valence-electron chi connectivity index (χ4n) is 3.31. The Morgan fingerprint density at radius 1 is 1.27 bits per heavy atom. The number of aliphatic imine (C=N–C) groups is 1. The molecule has 1 amide bonds. The van der Waals surface area contributed by atoms with E-state index in [1.807, 2.05) is 11.0 Å². The highest BCUT2D eigenvalue weighted by atomic mass is 127. The minimum absolute atomic E-state index is 0. The van der Waals surface area contributed by atoms with E-state index in [0.717, 1.165) is 44.9 Å². The molecule has 5 nitrogen and oxygen atoms in total. The number of carbonyl (C=O) groups excluding carboxylic acids is 1. The van der Waals surface area contributed by atoms with E-state index in [1.54, 1.807) is 0 Å². The van der Waals surface area contributed by atoms with Crippen LogP contribution in [0.25, 0.3) is 0 Å². The van der Waals surface area contributed by atoms with Crippen LogP contribution in [0.2, 0.25) is 0 Å². The largest absolute Gasteiger partial charge is 0.357 e. The van der Waals surface area contributed by atoms with Gasteiger partial charge < -0.3 is 15.5 Å². The van der Waals surface area contributed by atoms with Gasteiger partial charge in [0.25, 0.3) is 0 Å². The summed E-state index contributed by atoms with van der Waals surface area (Å²) in [5, 5.41) is 6.77. The second kappa shape index (κ2) is 12.1. The minimum Gasteiger partial charge on any atom is -0.357 e. The molecule has 2 atom stereocenters. The summed E-state index contributed by atoms with van der Waals surface area (Å²) in [7, 11) is 0. The monoisotopic (exact) mass is 472 g/mol. The molecule has 2 rings (SSSR count). The summed E-state index contributed by atoms with van der Waals surface area (Å²) in [4.78, 5) is 18.7. The van der Waals surface area contributed by atoms with Gasteiger partial charge in [-0.15, -0.1) is 24.0 Å². The Kier molecular flexibility index (Phi) is 10.6. The molecule has 2 unspecified atom stereocenters. The van der Waals surface area contributed by atoms with E-state index >= 15 is 0 Å². The van der Waals surface area contributed by atoms with E-state index in [4.69, 9.17) is 4.99 Å². The van der Waals surface area contributed by atoms with Gasteiger partial charge in [0.15, 0.2) is 5.96 Å². The van der Waals surface area contributed by atoms with E-state index in [9.17, 15) is 4.79 Å². The van der Waals surface area contributed by atoms with Crippen LogP contribution in [-0.4, -0.2) is 42.4 Å². The minimum atomic E-state index is 0. The van der Waals surface area contributed by atoms with Crippen molar-refractivity contribution in [2.24, 2.45) is 4.99 Å². The first kappa shape index (κ1) is 22.7. The Morgan fingerprint density at radius 3 is 2.58 bits per heavy atom. The number of rotatable bonds is 8. The van der Waals surface area contributed by atoms with Gasteiger partial charge in [0, 0.05) is 32.1 Å². The number of nitrogens with one attached hydrogen (secondary N) is 2. The van der Waals surface area contributed by atoms with E-state index in [0.29, 0.717) is 18.4 Å². The SMILES string of the molecule is CCNC(=NCCC(CC)N1CCCC1=O)NC(C)c1ccccc1.I. The van der Waals surface area contributed by atoms with Crippen molar-refractivity contribution in [2.75, 3.05) is 19.6 Å². The molecule has 1 aromatic rings. The van der Waals surface area contributed by atoms with Gasteiger partial charge in [0.2, 0.25) is 5.91 Å². The van der Waals surface area contributed by atoms with E-state index in [-0.39, 0.29) is 30.0 Å². The van der Waals surface area contributed by atoms with Crippen LogP contribution >= 0.6 is 24.0 Å². The topological polar surface area (TPSA) is 56.7 Å². The van der Waals surface area contributed by atoms with Gasteiger partial charge in [-0.3, -0.25) is 9.79 Å². The molecule has 6 heteroatoms. The number of likely N-dealkylation sites (tertiary alicyclic amines) is 1. The summed E-state index contributed by atoms with van der Waals surface area (Å²) < 4.78 is 0. The lowest BCUT2D eigenvalue weighted by Gasteiger charge is -2.26. The molecule has 0 aromatic heterocycles. The van der Waals surface area contributed by atoms with Gasteiger partial charge in [0.1, 0.15) is 0 Å². The zero-order chi connectivity index (χ0) is 18.1. The van der Waals surface area contributed by atoms with Gasteiger partial charge in [-0.25, -0.2) is 0 Å². The third-order valence-electron chi connectivity index (χ3n) is 4.75. The predicted molar refractivity (Wildman–Crippen MR) is 119 cm³/mol. The summed E-state index contributed by atoms with van der Waals surface area (Å²) >= 11 is 0. The van der Waals surface area contributed by atoms with Crippen LogP contribution in [0.15, 0.2) is 35.3 Å². The van der Waals surface area contributed by atoms with Crippen LogP contribution in [-0.2, 0) is 4.79 Å². The Morgan fingerprint density at radius 2 is 2.00 bits per heavy atom. The zero-order valence-electron chi connectivity index (χ0n) is 16.2. The zero-order valence-corrected chi connectivity index (χ0v) is 18.5. The maximum Gasteiger partial charge on any atom is 0.222 e. The molecule has 26 heavy (non-hydrogen) atoms. The highest BCUT2D eigenvalue weighted by Gasteiger charge is 2.26. The highest BCUT2D eigenvalue weighted by molar-refractivity contribution is 14.0. The van der Waals surface area contributed by atoms with Gasteiger partial charge in [-0.1, -0.05) is 37.3 Å². The summed E-state index contributed by atoms with van der Waals surface area (Å²) in [6.07, 6.45) is 3.61. The second-order valence-electron chi connectivity index (χ2n) is 6.58. The predicted octanol–water partition coefficient (Wildman–Crippen LogP) is 3.71. The van der Waals surface area contributed by atoms with Crippen LogP contribution in [0.3, 0.4) is 0 Å². The van der Waals surface area contributed by atoms with Crippen LogP contribution < -0.4 is 10.6 Å². The van der Waals surface area contributed by atoms with Crippen molar-refractivity contribution in [3.8, 4) is 0 Å². The van der Waals surface area contributed by atoms with Crippen LogP contribution in [0.1, 0.15) is 58.1 Å². The maximum atomic E-state index is 11.9. The number of carbonyl (C=O) groups is 1. The number of benzene rings is 1. The molecule has 0 aliphatic carbocycles. The van der Waals surface area contributed by atoms with Crippen molar-refractivity contribution in [2.45, 2.75) is 58.5 Å². The molecule has 1 fully saturated rings. The highest BCUT2D eigenvalue weighted by Crippen LogP contribution is 2.18. The van der Waals surface area contributed by atoms with Crippen molar-refractivity contribution in [1.82, 2.24) is 15.5 Å². The number of halogens is 1. The van der Waals surface area contributed by atoms with Crippen molar-refractivity contribution in [1.29, 1.82) is 0 Å². The molecular weight excluding hydrogens is 439 g/mol. The van der Waals surface area contributed by atoms with Crippen LogP contribution in [0.5, 0.6) is 0 Å². The number of hydrogen-bond donors (Lipinski definition) is 2. The third kappa shape index (κ3) is 6.78. The van der Waals surface area contributed by atoms with E-state index in [2.05, 4.69) is 55.7 Å². The van der Waals surface area contributed by atoms with Crippen LogP contribution in [0.4, 0.5) is 0 Å². The molecule has 1 heterocycles. The van der Waals surface area contributed by atoms with Crippen molar-refractivity contribution in [3.63, 3.8) is 0 Å². The molecule has 0 saturated carbocycles. The molecule has 1 aliphatic heterocycles. The average molecular weight is 472 g/mol. The van der Waals surface area contributed by atoms with E-state index < -0.39 is 0 Å². The molecule has 1 aliphatic rings. The molecule has 1 saturated heterocycles. The molecule has 0 radical (unpaired) electrons. The Hall–Kier alpha value is -1.31. The normalized spacial score (nSPS) is 16.8. The lowest BCUT2D eigenvalue weighted by molar-refractivity contribution is -0.129. The maximum absolute atomic E-state index is 11.9. The third-order valence-corrected chi connectivity index (χ3v) is 4.75. The summed E-state index contributed by atoms with van der Waals surface area (Å²) in [5.74, 6) is 1.14. The number of nitrogens with zero attached hydrogens (tertiary/aromatic N) is 2. The fourth-order valence-corrected chi connectivity index (χ4v) is 3.31. The van der Waals surface area contributed by atoms with Gasteiger partial charge in [0.05, 0.1) is 6.04 Å². The number of amides is 1. The first-order valence-corrected chi connectivity index (χ1v) is 9.55. The van der Waals surface area contributed by atoms with Crippen molar-refractivity contribution >= 4 is 35.8 Å². The Balaban J connectivity index is 0.00000338. The first-order valence-electron chi connectivity index (χ1n) is 9.55.